The van der Waals surface area contributed by atoms with Crippen molar-refractivity contribution >= 4 is 17.7 Å². The fourth-order valence-electron chi connectivity index (χ4n) is 2.58. The number of rotatable bonds is 7. The lowest BCUT2D eigenvalue weighted by molar-refractivity contribution is -0.135. The van der Waals surface area contributed by atoms with Gasteiger partial charge in [0.05, 0.1) is 12.1 Å². The third kappa shape index (κ3) is 4.26. The molecule has 0 aromatic heterocycles. The molecule has 0 radical (unpaired) electrons. The number of nitrogens with one attached hydrogen (secondary N) is 2. The van der Waals surface area contributed by atoms with E-state index in [0.717, 1.165) is 29.1 Å². The van der Waals surface area contributed by atoms with Gasteiger partial charge in [-0.15, -0.1) is 11.8 Å². The second-order valence-electron chi connectivity index (χ2n) is 6.11. The summed E-state index contributed by atoms with van der Waals surface area (Å²) in [5.41, 5.74) is 8.16. The van der Waals surface area contributed by atoms with E-state index < -0.39 is 0 Å². The highest BCUT2D eigenvalue weighted by Crippen LogP contribution is 2.31. The molecule has 1 aliphatic heterocycles. The maximum absolute atomic E-state index is 12.2. The topological polar surface area (TPSA) is 53.6 Å². The highest BCUT2D eigenvalue weighted by molar-refractivity contribution is 8.02. The lowest BCUT2D eigenvalue weighted by Crippen LogP contribution is -2.42. The summed E-state index contributed by atoms with van der Waals surface area (Å²) in [7, 11) is 3.42. The Hall–Kier alpha value is -2.08. The first kappa shape index (κ1) is 16.8. The molecular weight excluding hydrogens is 322 g/mol. The standard InChI is InChI=1S/C18H23N3O2S/c1-21(11-13-8-9-13)17-15(18(22)23-2)10-16(19-20-17)24-12-14-6-4-3-5-7-14/h3-7,10,13,19-20H,8-9,11-12H2,1-2H3. The Morgan fingerprint density at radius 3 is 2.71 bits per heavy atom. The monoisotopic (exact) mass is 345 g/mol. The van der Waals surface area contributed by atoms with Gasteiger partial charge in [0.1, 0.15) is 11.4 Å². The molecule has 5 nitrogen and oxygen atoms in total. The Morgan fingerprint density at radius 2 is 2.04 bits per heavy atom. The summed E-state index contributed by atoms with van der Waals surface area (Å²) in [6, 6.07) is 10.3. The van der Waals surface area contributed by atoms with Crippen LogP contribution in [0.2, 0.25) is 0 Å². The number of carbonyl (C=O) groups excluding carboxylic acids is 1. The van der Waals surface area contributed by atoms with Crippen molar-refractivity contribution in [2.24, 2.45) is 5.92 Å². The van der Waals surface area contributed by atoms with Crippen molar-refractivity contribution in [2.75, 3.05) is 20.7 Å². The van der Waals surface area contributed by atoms with E-state index in [9.17, 15) is 4.79 Å². The van der Waals surface area contributed by atoms with Gasteiger partial charge >= 0.3 is 5.97 Å². The molecule has 1 fully saturated rings. The van der Waals surface area contributed by atoms with E-state index in [1.165, 1.54) is 25.5 Å². The molecular formula is C18H23N3O2S. The van der Waals surface area contributed by atoms with Gasteiger partial charge in [-0.1, -0.05) is 30.3 Å². The molecule has 2 aliphatic rings. The highest BCUT2D eigenvalue weighted by atomic mass is 32.2. The van der Waals surface area contributed by atoms with E-state index in [1.807, 2.05) is 31.3 Å². The average Bonchev–Trinajstić information content (AvgIpc) is 3.43. The fraction of sp³-hybridized carbons (Fsp3) is 0.389. The van der Waals surface area contributed by atoms with Gasteiger partial charge < -0.3 is 9.64 Å². The predicted octanol–water partition coefficient (Wildman–Crippen LogP) is 2.60. The normalized spacial score (nSPS) is 16.8. The molecule has 0 atom stereocenters. The lowest BCUT2D eigenvalue weighted by Gasteiger charge is -2.29. The van der Waals surface area contributed by atoms with Crippen LogP contribution in [0.3, 0.4) is 0 Å². The predicted molar refractivity (Wildman–Crippen MR) is 96.5 cm³/mol. The molecule has 1 aromatic rings. The summed E-state index contributed by atoms with van der Waals surface area (Å²) in [5.74, 6) is 2.03. The fourth-order valence-corrected chi connectivity index (χ4v) is 3.42. The zero-order valence-electron chi connectivity index (χ0n) is 14.0. The van der Waals surface area contributed by atoms with Crippen molar-refractivity contribution in [2.45, 2.75) is 18.6 Å². The third-order valence-electron chi connectivity index (χ3n) is 4.09. The van der Waals surface area contributed by atoms with E-state index in [1.54, 1.807) is 11.8 Å². The summed E-state index contributed by atoms with van der Waals surface area (Å²) >= 11 is 1.65. The number of benzene rings is 1. The number of ether oxygens (including phenoxy) is 1. The smallest absolute Gasteiger partial charge is 0.341 e. The van der Waals surface area contributed by atoms with Gasteiger partial charge in [-0.25, -0.2) is 4.79 Å². The molecule has 0 unspecified atom stereocenters. The first-order valence-corrected chi connectivity index (χ1v) is 9.10. The lowest BCUT2D eigenvalue weighted by atomic mass is 10.2. The first-order valence-electron chi connectivity index (χ1n) is 8.11. The van der Waals surface area contributed by atoms with E-state index in [-0.39, 0.29) is 5.97 Å². The third-order valence-corrected chi connectivity index (χ3v) is 5.10. The minimum Gasteiger partial charge on any atom is -0.465 e. The number of hydrogen-bond donors (Lipinski definition) is 2. The number of esters is 1. The second-order valence-corrected chi connectivity index (χ2v) is 7.13. The Bertz CT molecular complexity index is 653. The Morgan fingerprint density at radius 1 is 1.29 bits per heavy atom. The van der Waals surface area contributed by atoms with Crippen LogP contribution >= 0.6 is 11.8 Å². The van der Waals surface area contributed by atoms with Crippen LogP contribution in [0.15, 0.2) is 52.8 Å². The molecule has 1 aliphatic carbocycles. The summed E-state index contributed by atoms with van der Waals surface area (Å²) < 4.78 is 4.96. The minimum atomic E-state index is -0.320. The molecule has 3 rings (SSSR count). The summed E-state index contributed by atoms with van der Waals surface area (Å²) in [6.45, 7) is 0.949. The second kappa shape index (κ2) is 7.66. The van der Waals surface area contributed by atoms with Crippen molar-refractivity contribution in [3.63, 3.8) is 0 Å². The number of carbonyl (C=O) groups is 1. The largest absolute Gasteiger partial charge is 0.465 e. The van der Waals surface area contributed by atoms with Crippen molar-refractivity contribution < 1.29 is 9.53 Å². The van der Waals surface area contributed by atoms with Gasteiger partial charge in [-0.2, -0.15) is 0 Å². The number of hydrazine groups is 1. The molecule has 0 bridgehead atoms. The quantitative estimate of drug-likeness (QED) is 0.741. The van der Waals surface area contributed by atoms with Crippen molar-refractivity contribution in [1.29, 1.82) is 0 Å². The van der Waals surface area contributed by atoms with Crippen molar-refractivity contribution in [3.05, 3.63) is 58.4 Å². The summed E-state index contributed by atoms with van der Waals surface area (Å²) in [6.07, 6.45) is 4.41. The van der Waals surface area contributed by atoms with E-state index in [0.29, 0.717) is 5.57 Å². The van der Waals surface area contributed by atoms with E-state index in [4.69, 9.17) is 4.74 Å². The van der Waals surface area contributed by atoms with Gasteiger partial charge in [0.25, 0.3) is 0 Å². The Balaban J connectivity index is 1.72. The molecule has 128 valence electrons. The molecule has 1 saturated carbocycles. The number of thioether (sulfide) groups is 1. The zero-order valence-corrected chi connectivity index (χ0v) is 14.9. The number of nitrogens with zero attached hydrogens (tertiary/aromatic N) is 1. The van der Waals surface area contributed by atoms with Gasteiger partial charge in [0.2, 0.25) is 0 Å². The van der Waals surface area contributed by atoms with E-state index in [2.05, 4.69) is 27.9 Å². The number of methoxy groups -OCH3 is 1. The van der Waals surface area contributed by atoms with Crippen LogP contribution in [-0.2, 0) is 15.3 Å². The molecule has 0 spiro atoms. The zero-order chi connectivity index (χ0) is 16.9. The van der Waals surface area contributed by atoms with Crippen LogP contribution in [-0.4, -0.2) is 31.6 Å². The van der Waals surface area contributed by atoms with E-state index >= 15 is 0 Å². The van der Waals surface area contributed by atoms with Crippen LogP contribution in [0, 0.1) is 5.92 Å². The summed E-state index contributed by atoms with van der Waals surface area (Å²) in [5, 5.41) is 0.905. The van der Waals surface area contributed by atoms with Crippen LogP contribution in [0.1, 0.15) is 18.4 Å². The Kier molecular flexibility index (Phi) is 5.35. The van der Waals surface area contributed by atoms with Crippen molar-refractivity contribution in [1.82, 2.24) is 15.8 Å². The summed E-state index contributed by atoms with van der Waals surface area (Å²) in [4.78, 5) is 14.3. The molecule has 24 heavy (non-hydrogen) atoms. The maximum Gasteiger partial charge on any atom is 0.341 e. The number of hydrogen-bond acceptors (Lipinski definition) is 6. The van der Waals surface area contributed by atoms with Gasteiger partial charge in [0, 0.05) is 19.3 Å². The van der Waals surface area contributed by atoms with Gasteiger partial charge in [0.15, 0.2) is 0 Å². The average molecular weight is 345 g/mol. The SMILES string of the molecule is COC(=O)C1=C(N(C)CC2CC2)NNC(SCc2ccccc2)=C1. The molecule has 2 N–H and O–H groups in total. The highest BCUT2D eigenvalue weighted by Gasteiger charge is 2.27. The first-order chi connectivity index (χ1) is 11.7. The molecule has 0 amide bonds. The molecule has 1 aromatic carbocycles. The molecule has 0 saturated heterocycles. The molecule has 6 heteroatoms. The van der Waals surface area contributed by atoms with Crippen LogP contribution in [0.4, 0.5) is 0 Å². The van der Waals surface area contributed by atoms with Crippen LogP contribution in [0.5, 0.6) is 0 Å². The van der Waals surface area contributed by atoms with Crippen LogP contribution in [0.25, 0.3) is 0 Å². The van der Waals surface area contributed by atoms with Crippen LogP contribution < -0.4 is 10.9 Å². The minimum absolute atomic E-state index is 0.320. The van der Waals surface area contributed by atoms with Gasteiger partial charge in [-0.05, 0) is 30.4 Å². The maximum atomic E-state index is 12.2. The Labute approximate surface area is 147 Å². The van der Waals surface area contributed by atoms with Gasteiger partial charge in [-0.3, -0.25) is 10.9 Å². The van der Waals surface area contributed by atoms with Crippen molar-refractivity contribution in [3.8, 4) is 0 Å². The molecule has 1 heterocycles.